The van der Waals surface area contributed by atoms with Gasteiger partial charge in [0, 0.05) is 12.5 Å². The molecule has 25 heavy (non-hydrogen) atoms. The van der Waals surface area contributed by atoms with Crippen molar-refractivity contribution in [2.75, 3.05) is 4.90 Å². The molecule has 4 rings (SSSR count). The molecule has 5 nitrogen and oxygen atoms in total. The average molecular weight is 359 g/mol. The number of nitrogens with zero attached hydrogens (tertiary/aromatic N) is 2. The number of benzene rings is 2. The molecule has 0 aliphatic carbocycles. The largest absolute Gasteiger partial charge is 0.333 e. The summed E-state index contributed by atoms with van der Waals surface area (Å²) < 4.78 is 26.5. The van der Waals surface area contributed by atoms with Crippen molar-refractivity contribution < 1.29 is 18.4 Å². The van der Waals surface area contributed by atoms with Crippen LogP contribution in [0.2, 0.25) is 0 Å². The van der Waals surface area contributed by atoms with E-state index in [4.69, 9.17) is 0 Å². The van der Waals surface area contributed by atoms with Crippen LogP contribution in [0.4, 0.5) is 14.5 Å². The molecule has 1 N–H and O–H groups in total. The van der Waals surface area contributed by atoms with Crippen LogP contribution in [0.1, 0.15) is 6.42 Å². The van der Waals surface area contributed by atoms with E-state index in [-0.39, 0.29) is 12.1 Å². The zero-order chi connectivity index (χ0) is 17.6. The summed E-state index contributed by atoms with van der Waals surface area (Å²) >= 11 is 1.15. The van der Waals surface area contributed by atoms with Crippen molar-refractivity contribution in [2.24, 2.45) is 0 Å². The third-order valence-electron chi connectivity index (χ3n) is 3.89. The number of thioether (sulfide) groups is 1. The van der Waals surface area contributed by atoms with E-state index in [2.05, 4.69) is 9.97 Å². The highest BCUT2D eigenvalue weighted by Crippen LogP contribution is 2.33. The van der Waals surface area contributed by atoms with Crippen LogP contribution in [0.25, 0.3) is 11.0 Å². The van der Waals surface area contributed by atoms with Crippen LogP contribution in [0.3, 0.4) is 0 Å². The monoisotopic (exact) mass is 359 g/mol. The number of hydrogen-bond donors (Lipinski definition) is 1. The van der Waals surface area contributed by atoms with Gasteiger partial charge in [-0.25, -0.2) is 18.7 Å². The number of imide groups is 1. The molecular weight excluding hydrogens is 348 g/mol. The lowest BCUT2D eigenvalue weighted by Crippen LogP contribution is -2.31. The number of anilines is 1. The second-order valence-electron chi connectivity index (χ2n) is 5.54. The predicted molar refractivity (Wildman–Crippen MR) is 89.2 cm³/mol. The highest BCUT2D eigenvalue weighted by molar-refractivity contribution is 8.00. The number of aromatic nitrogens is 2. The summed E-state index contributed by atoms with van der Waals surface area (Å²) in [5, 5.41) is -0.138. The van der Waals surface area contributed by atoms with E-state index in [0.29, 0.717) is 5.16 Å². The molecular formula is C17H11F2N3O2S. The second kappa shape index (κ2) is 5.96. The first kappa shape index (κ1) is 15.8. The van der Waals surface area contributed by atoms with E-state index in [9.17, 15) is 18.4 Å². The van der Waals surface area contributed by atoms with Gasteiger partial charge in [-0.3, -0.25) is 9.59 Å². The van der Waals surface area contributed by atoms with Crippen molar-refractivity contribution in [1.29, 1.82) is 0 Å². The third kappa shape index (κ3) is 2.78. The van der Waals surface area contributed by atoms with Crippen LogP contribution in [0.5, 0.6) is 0 Å². The van der Waals surface area contributed by atoms with Crippen LogP contribution >= 0.6 is 11.8 Å². The van der Waals surface area contributed by atoms with E-state index in [1.165, 1.54) is 6.07 Å². The van der Waals surface area contributed by atoms with Gasteiger partial charge in [-0.05, 0) is 24.3 Å². The number of imidazole rings is 1. The smallest absolute Gasteiger partial charge is 0.247 e. The molecule has 0 spiro atoms. The Hall–Kier alpha value is -2.74. The lowest BCUT2D eigenvalue weighted by Gasteiger charge is -2.14. The number of halogens is 2. The number of carbonyl (C=O) groups excluding carboxylic acids is 2. The van der Waals surface area contributed by atoms with Crippen LogP contribution in [0.15, 0.2) is 47.6 Å². The van der Waals surface area contributed by atoms with Crippen LogP contribution in [0, 0.1) is 11.6 Å². The van der Waals surface area contributed by atoms with Crippen molar-refractivity contribution in [2.45, 2.75) is 16.8 Å². The molecule has 1 aliphatic heterocycles. The van der Waals surface area contributed by atoms with Gasteiger partial charge < -0.3 is 4.98 Å². The predicted octanol–water partition coefficient (Wildman–Crippen LogP) is 3.27. The highest BCUT2D eigenvalue weighted by Gasteiger charge is 2.40. The van der Waals surface area contributed by atoms with Crippen LogP contribution in [-0.4, -0.2) is 27.0 Å². The number of fused-ring (bicyclic) bond motifs is 1. The van der Waals surface area contributed by atoms with Crippen molar-refractivity contribution in [3.63, 3.8) is 0 Å². The fraction of sp³-hybridized carbons (Fsp3) is 0.118. The first-order valence-corrected chi connectivity index (χ1v) is 8.34. The minimum atomic E-state index is -1.11. The number of amides is 2. The van der Waals surface area contributed by atoms with Gasteiger partial charge >= 0.3 is 0 Å². The summed E-state index contributed by atoms with van der Waals surface area (Å²) in [6, 6.07) is 10.4. The molecule has 1 unspecified atom stereocenters. The Kier molecular flexibility index (Phi) is 3.76. The van der Waals surface area contributed by atoms with Gasteiger partial charge in [0.15, 0.2) is 16.8 Å². The number of para-hydroxylation sites is 2. The summed E-state index contributed by atoms with van der Waals surface area (Å²) in [6.45, 7) is 0. The van der Waals surface area contributed by atoms with Gasteiger partial charge in [0.1, 0.15) is 5.25 Å². The van der Waals surface area contributed by atoms with E-state index in [1.54, 1.807) is 0 Å². The van der Waals surface area contributed by atoms with Gasteiger partial charge in [-0.1, -0.05) is 23.9 Å². The molecule has 1 atom stereocenters. The minimum Gasteiger partial charge on any atom is -0.333 e. The average Bonchev–Trinajstić information content (AvgIpc) is 3.11. The zero-order valence-corrected chi connectivity index (χ0v) is 13.5. The van der Waals surface area contributed by atoms with Gasteiger partial charge in [0.25, 0.3) is 0 Å². The second-order valence-corrected chi connectivity index (χ2v) is 6.73. The van der Waals surface area contributed by atoms with Crippen molar-refractivity contribution in [3.05, 3.63) is 54.1 Å². The molecule has 0 saturated carbocycles. The number of H-pyrrole nitrogens is 1. The summed E-state index contributed by atoms with van der Waals surface area (Å²) in [7, 11) is 0. The Labute approximate surface area is 145 Å². The Morgan fingerprint density at radius 2 is 1.92 bits per heavy atom. The van der Waals surface area contributed by atoms with Gasteiger partial charge in [0.05, 0.1) is 16.7 Å². The molecule has 0 bridgehead atoms. The maximum absolute atomic E-state index is 13.4. The highest BCUT2D eigenvalue weighted by atomic mass is 32.2. The van der Waals surface area contributed by atoms with Crippen molar-refractivity contribution in [3.8, 4) is 0 Å². The minimum absolute atomic E-state index is 0.0282. The molecule has 126 valence electrons. The fourth-order valence-corrected chi connectivity index (χ4v) is 3.73. The number of hydrogen-bond acceptors (Lipinski definition) is 4. The molecule has 1 aromatic heterocycles. The Balaban J connectivity index is 1.59. The first-order valence-electron chi connectivity index (χ1n) is 7.46. The number of rotatable bonds is 3. The molecule has 0 radical (unpaired) electrons. The quantitative estimate of drug-likeness (QED) is 0.729. The van der Waals surface area contributed by atoms with Gasteiger partial charge in [-0.2, -0.15) is 0 Å². The Morgan fingerprint density at radius 3 is 2.68 bits per heavy atom. The normalized spacial score (nSPS) is 17.7. The van der Waals surface area contributed by atoms with Crippen molar-refractivity contribution >= 4 is 40.3 Å². The molecule has 2 amide bonds. The zero-order valence-electron chi connectivity index (χ0n) is 12.7. The standard InChI is InChI=1S/C17H11F2N3O2S/c18-10-6-5-9(7-11(10)19)22-15(23)8-14(16(22)24)25-17-20-12-3-1-2-4-13(12)21-17/h1-7,14H,8H2,(H,20,21). The molecule has 8 heteroatoms. The van der Waals surface area contributed by atoms with Crippen LogP contribution < -0.4 is 4.90 Å². The van der Waals surface area contributed by atoms with Gasteiger partial charge in [-0.15, -0.1) is 0 Å². The molecule has 1 fully saturated rings. The maximum Gasteiger partial charge on any atom is 0.247 e. The first-order chi connectivity index (χ1) is 12.0. The lowest BCUT2D eigenvalue weighted by atomic mass is 10.3. The summed E-state index contributed by atoms with van der Waals surface area (Å²) in [6.07, 6.45) is -0.0282. The van der Waals surface area contributed by atoms with E-state index < -0.39 is 28.7 Å². The summed E-state index contributed by atoms with van der Waals surface area (Å²) in [4.78, 5) is 33.1. The fourth-order valence-electron chi connectivity index (χ4n) is 2.71. The Bertz CT molecular complexity index is 971. The molecule has 2 heterocycles. The van der Waals surface area contributed by atoms with E-state index in [1.807, 2.05) is 24.3 Å². The van der Waals surface area contributed by atoms with E-state index >= 15 is 0 Å². The number of carbonyl (C=O) groups is 2. The summed E-state index contributed by atoms with van der Waals surface area (Å²) in [5.41, 5.74) is 1.63. The summed E-state index contributed by atoms with van der Waals surface area (Å²) in [5.74, 6) is -3.06. The molecule has 3 aromatic rings. The van der Waals surface area contributed by atoms with Gasteiger partial charge in [0.2, 0.25) is 11.8 Å². The SMILES string of the molecule is O=C1CC(Sc2nc3ccccc3[nH]2)C(=O)N1c1ccc(F)c(F)c1. The topological polar surface area (TPSA) is 66.1 Å². The molecule has 1 aliphatic rings. The maximum atomic E-state index is 13.4. The lowest BCUT2D eigenvalue weighted by molar-refractivity contribution is -0.121. The number of aromatic amines is 1. The van der Waals surface area contributed by atoms with Crippen LogP contribution in [-0.2, 0) is 9.59 Å². The number of nitrogens with one attached hydrogen (secondary N) is 1. The Morgan fingerprint density at radius 1 is 1.12 bits per heavy atom. The molecule has 2 aromatic carbocycles. The molecule has 1 saturated heterocycles. The third-order valence-corrected chi connectivity index (χ3v) is 4.96. The van der Waals surface area contributed by atoms with E-state index in [0.717, 1.165) is 39.8 Å². The van der Waals surface area contributed by atoms with Crippen molar-refractivity contribution in [1.82, 2.24) is 9.97 Å².